The summed E-state index contributed by atoms with van der Waals surface area (Å²) in [6.07, 6.45) is 7.20. The van der Waals surface area contributed by atoms with Crippen molar-refractivity contribution in [3.05, 3.63) is 0 Å². The number of nitrogens with one attached hydrogen (secondary N) is 1. The van der Waals surface area contributed by atoms with Crippen molar-refractivity contribution >= 4 is 17.7 Å². The molecular weight excluding hydrogens is 282 g/mol. The monoisotopic (exact) mass is 313 g/mol. The number of nitrogens with zero attached hydrogens (tertiary/aromatic N) is 2. The van der Waals surface area contributed by atoms with E-state index in [1.807, 2.05) is 6.92 Å². The maximum atomic E-state index is 11.6. The molecule has 0 aromatic carbocycles. The average Bonchev–Trinajstić information content (AvgIpc) is 2.50. The minimum Gasteiger partial charge on any atom is -0.355 e. The van der Waals surface area contributed by atoms with Gasteiger partial charge < -0.3 is 5.32 Å². The molecule has 0 unspecified atom stereocenters. The van der Waals surface area contributed by atoms with Crippen LogP contribution in [0, 0.1) is 0 Å². The van der Waals surface area contributed by atoms with Gasteiger partial charge in [-0.25, -0.2) is 0 Å². The van der Waals surface area contributed by atoms with E-state index in [1.165, 1.54) is 44.4 Å². The highest BCUT2D eigenvalue weighted by atomic mass is 32.2. The predicted octanol–water partition coefficient (Wildman–Crippen LogP) is 1.81. The van der Waals surface area contributed by atoms with E-state index in [4.69, 9.17) is 0 Å². The Hall–Kier alpha value is -0.260. The lowest BCUT2D eigenvalue weighted by molar-refractivity contribution is -0.122. The molecule has 1 saturated carbocycles. The maximum Gasteiger partial charge on any atom is 0.234 e. The second-order valence-corrected chi connectivity index (χ2v) is 7.61. The highest BCUT2D eigenvalue weighted by Crippen LogP contribution is 2.28. The first-order valence-corrected chi connectivity index (χ1v) is 9.66. The molecule has 1 aliphatic heterocycles. The van der Waals surface area contributed by atoms with Gasteiger partial charge in [0.15, 0.2) is 0 Å². The molecule has 0 radical (unpaired) electrons. The van der Waals surface area contributed by atoms with Crippen molar-refractivity contribution in [1.82, 2.24) is 15.1 Å². The van der Waals surface area contributed by atoms with Crippen LogP contribution in [0.5, 0.6) is 0 Å². The fourth-order valence-electron chi connectivity index (χ4n) is 3.21. The van der Waals surface area contributed by atoms with Crippen molar-refractivity contribution in [3.8, 4) is 0 Å². The lowest BCUT2D eigenvalue weighted by atomic mass is 10.0. The largest absolute Gasteiger partial charge is 0.355 e. The van der Waals surface area contributed by atoms with Gasteiger partial charge >= 0.3 is 0 Å². The quantitative estimate of drug-likeness (QED) is 0.777. The van der Waals surface area contributed by atoms with Crippen molar-refractivity contribution in [2.24, 2.45) is 0 Å². The molecule has 0 aromatic heterocycles. The fourth-order valence-corrected chi connectivity index (χ4v) is 4.57. The van der Waals surface area contributed by atoms with Gasteiger partial charge in [-0.1, -0.05) is 19.3 Å². The zero-order valence-electron chi connectivity index (χ0n) is 13.5. The zero-order chi connectivity index (χ0) is 14.9. The third-order valence-corrected chi connectivity index (χ3v) is 5.88. The van der Waals surface area contributed by atoms with Crippen LogP contribution in [0.3, 0.4) is 0 Å². The lowest BCUT2D eigenvalue weighted by Crippen LogP contribution is -2.49. The maximum absolute atomic E-state index is 11.6. The van der Waals surface area contributed by atoms with Gasteiger partial charge in [0.2, 0.25) is 5.91 Å². The van der Waals surface area contributed by atoms with Crippen LogP contribution in [0.15, 0.2) is 0 Å². The summed E-state index contributed by atoms with van der Waals surface area (Å²) in [5, 5.41) is 3.81. The Kier molecular flexibility index (Phi) is 7.89. The van der Waals surface area contributed by atoms with Gasteiger partial charge in [-0.3, -0.25) is 14.6 Å². The SMILES string of the molecule is CCNC(=O)CN1CCN(CCSC2CCCCC2)CC1. The van der Waals surface area contributed by atoms with Gasteiger partial charge in [-0.05, 0) is 19.8 Å². The number of hydrogen-bond donors (Lipinski definition) is 1. The molecule has 21 heavy (non-hydrogen) atoms. The molecule has 1 saturated heterocycles. The number of carbonyl (C=O) groups excluding carboxylic acids is 1. The molecule has 0 aromatic rings. The van der Waals surface area contributed by atoms with Crippen molar-refractivity contribution in [2.45, 2.75) is 44.3 Å². The van der Waals surface area contributed by atoms with Gasteiger partial charge in [-0.15, -0.1) is 0 Å². The second-order valence-electron chi connectivity index (χ2n) is 6.20. The Morgan fingerprint density at radius 3 is 2.43 bits per heavy atom. The molecule has 5 heteroatoms. The van der Waals surface area contributed by atoms with Gasteiger partial charge in [0.1, 0.15) is 0 Å². The van der Waals surface area contributed by atoms with E-state index in [-0.39, 0.29) is 5.91 Å². The molecule has 1 amide bonds. The van der Waals surface area contributed by atoms with Crippen molar-refractivity contribution in [3.63, 3.8) is 0 Å². The smallest absolute Gasteiger partial charge is 0.234 e. The summed E-state index contributed by atoms with van der Waals surface area (Å²) in [5.74, 6) is 1.44. The van der Waals surface area contributed by atoms with Crippen LogP contribution in [0.1, 0.15) is 39.0 Å². The van der Waals surface area contributed by atoms with E-state index in [1.54, 1.807) is 0 Å². The number of hydrogen-bond acceptors (Lipinski definition) is 4. The molecule has 122 valence electrons. The van der Waals surface area contributed by atoms with Gasteiger partial charge in [0.05, 0.1) is 6.54 Å². The lowest BCUT2D eigenvalue weighted by Gasteiger charge is -2.34. The van der Waals surface area contributed by atoms with Crippen molar-refractivity contribution < 1.29 is 4.79 Å². The summed E-state index contributed by atoms with van der Waals surface area (Å²) in [5.41, 5.74) is 0. The number of likely N-dealkylation sites (N-methyl/N-ethyl adjacent to an activating group) is 1. The molecule has 2 rings (SSSR count). The zero-order valence-corrected chi connectivity index (χ0v) is 14.3. The van der Waals surface area contributed by atoms with Gasteiger partial charge in [0.25, 0.3) is 0 Å². The molecule has 0 spiro atoms. The van der Waals surface area contributed by atoms with Gasteiger partial charge in [-0.2, -0.15) is 11.8 Å². The standard InChI is InChI=1S/C16H31N3OS/c1-2-17-16(20)14-19-10-8-18(9-11-19)12-13-21-15-6-4-3-5-7-15/h15H,2-14H2,1H3,(H,17,20). The first-order chi connectivity index (χ1) is 10.3. The van der Waals surface area contributed by atoms with Crippen molar-refractivity contribution in [1.29, 1.82) is 0 Å². The minimum absolute atomic E-state index is 0.166. The van der Waals surface area contributed by atoms with Crippen LogP contribution < -0.4 is 5.32 Å². The molecule has 2 fully saturated rings. The summed E-state index contributed by atoms with van der Waals surface area (Å²) >= 11 is 2.19. The first kappa shape index (κ1) is 17.1. The molecule has 0 atom stereocenters. The molecular formula is C16H31N3OS. The number of amides is 1. The summed E-state index contributed by atoms with van der Waals surface area (Å²) in [7, 11) is 0. The van der Waals surface area contributed by atoms with Gasteiger partial charge in [0, 0.05) is 50.3 Å². The van der Waals surface area contributed by atoms with Crippen molar-refractivity contribution in [2.75, 3.05) is 51.6 Å². The molecule has 1 aliphatic carbocycles. The normalized spacial score (nSPS) is 22.3. The minimum atomic E-state index is 0.166. The Balaban J connectivity index is 1.53. The first-order valence-electron chi connectivity index (χ1n) is 8.61. The van der Waals surface area contributed by atoms with E-state index in [0.717, 1.165) is 38.0 Å². The van der Waals surface area contributed by atoms with E-state index >= 15 is 0 Å². The number of piperazine rings is 1. The van der Waals surface area contributed by atoms with E-state index in [2.05, 4.69) is 26.9 Å². The Morgan fingerprint density at radius 2 is 1.76 bits per heavy atom. The van der Waals surface area contributed by atoms with Crippen LogP contribution in [0.2, 0.25) is 0 Å². The second kappa shape index (κ2) is 9.70. The topological polar surface area (TPSA) is 35.6 Å². The molecule has 2 aliphatic rings. The highest BCUT2D eigenvalue weighted by Gasteiger charge is 2.19. The van der Waals surface area contributed by atoms with E-state index in [0.29, 0.717) is 6.54 Å². The van der Waals surface area contributed by atoms with Crippen LogP contribution in [-0.2, 0) is 4.79 Å². The molecule has 1 N–H and O–H groups in total. The summed E-state index contributed by atoms with van der Waals surface area (Å²) in [6, 6.07) is 0. The van der Waals surface area contributed by atoms with E-state index < -0.39 is 0 Å². The van der Waals surface area contributed by atoms with Crippen LogP contribution in [0.25, 0.3) is 0 Å². The predicted molar refractivity (Wildman–Crippen MR) is 90.9 cm³/mol. The summed E-state index contributed by atoms with van der Waals surface area (Å²) in [4.78, 5) is 16.4. The number of rotatable bonds is 7. The summed E-state index contributed by atoms with van der Waals surface area (Å²) in [6.45, 7) is 8.79. The summed E-state index contributed by atoms with van der Waals surface area (Å²) < 4.78 is 0. The third kappa shape index (κ3) is 6.57. The Labute approximate surface area is 134 Å². The highest BCUT2D eigenvalue weighted by molar-refractivity contribution is 7.99. The molecule has 4 nitrogen and oxygen atoms in total. The Morgan fingerprint density at radius 1 is 1.10 bits per heavy atom. The fraction of sp³-hybridized carbons (Fsp3) is 0.938. The average molecular weight is 314 g/mol. The number of thioether (sulfide) groups is 1. The van der Waals surface area contributed by atoms with Crippen LogP contribution in [-0.4, -0.2) is 72.5 Å². The third-order valence-electron chi connectivity index (χ3n) is 4.52. The number of carbonyl (C=O) groups is 1. The van der Waals surface area contributed by atoms with Crippen LogP contribution >= 0.6 is 11.8 Å². The Bertz CT molecular complexity index is 300. The van der Waals surface area contributed by atoms with Crippen LogP contribution in [0.4, 0.5) is 0 Å². The molecule has 0 bridgehead atoms. The molecule has 1 heterocycles. The van der Waals surface area contributed by atoms with E-state index in [9.17, 15) is 4.79 Å².